The monoisotopic (exact) mass is 322 g/mol. The summed E-state index contributed by atoms with van der Waals surface area (Å²) < 4.78 is 0. The van der Waals surface area contributed by atoms with Gasteiger partial charge in [0.2, 0.25) is 11.8 Å². The van der Waals surface area contributed by atoms with Crippen LogP contribution in [0.25, 0.3) is 0 Å². The topological polar surface area (TPSA) is 40.6 Å². The first-order valence-electron chi connectivity index (χ1n) is 9.71. The Balaban J connectivity index is 1.85. The Labute approximate surface area is 141 Å². The van der Waals surface area contributed by atoms with Gasteiger partial charge in [0, 0.05) is 25.7 Å². The lowest BCUT2D eigenvalue weighted by molar-refractivity contribution is -0.133. The molecule has 2 aliphatic heterocycles. The van der Waals surface area contributed by atoms with E-state index < -0.39 is 0 Å². The van der Waals surface area contributed by atoms with Gasteiger partial charge in [0.1, 0.15) is 0 Å². The normalized spacial score (nSPS) is 27.2. The van der Waals surface area contributed by atoms with Crippen molar-refractivity contribution in [3.05, 3.63) is 0 Å². The maximum atomic E-state index is 12.7. The van der Waals surface area contributed by atoms with Crippen LogP contribution in [0, 0.1) is 11.8 Å². The van der Waals surface area contributed by atoms with Gasteiger partial charge in [-0.05, 0) is 19.8 Å². The smallest absolute Gasteiger partial charge is 0.228 e. The number of amides is 2. The number of hydrogen-bond acceptors (Lipinski definition) is 2. The van der Waals surface area contributed by atoms with Gasteiger partial charge in [0.15, 0.2) is 0 Å². The fraction of sp³-hybridized carbons (Fsp3) is 0.895. The van der Waals surface area contributed by atoms with Gasteiger partial charge in [0.25, 0.3) is 0 Å². The summed E-state index contributed by atoms with van der Waals surface area (Å²) in [5.41, 5.74) is 0. The molecule has 3 unspecified atom stereocenters. The number of carbonyl (C=O) groups excluding carboxylic acids is 2. The van der Waals surface area contributed by atoms with E-state index in [1.807, 2.05) is 9.80 Å². The highest BCUT2D eigenvalue weighted by Gasteiger charge is 2.54. The third kappa shape index (κ3) is 4.07. The van der Waals surface area contributed by atoms with Gasteiger partial charge < -0.3 is 9.80 Å². The van der Waals surface area contributed by atoms with E-state index in [4.69, 9.17) is 0 Å². The molecule has 0 aromatic rings. The zero-order valence-electron chi connectivity index (χ0n) is 15.2. The summed E-state index contributed by atoms with van der Waals surface area (Å²) in [6, 6.07) is 0.0854. The Morgan fingerprint density at radius 2 is 1.48 bits per heavy atom. The van der Waals surface area contributed by atoms with Gasteiger partial charge in [0.05, 0.1) is 11.8 Å². The summed E-state index contributed by atoms with van der Waals surface area (Å²) in [5.74, 6) is 0.293. The standard InChI is InChI=1S/C19H34N2O2/c1-4-6-8-10-12-20-14-16-17(19(20)23)15(3)21(18(16)22)13-11-9-7-5-2/h15-17H,4-14H2,1-3H3. The van der Waals surface area contributed by atoms with E-state index in [0.29, 0.717) is 6.54 Å². The Morgan fingerprint density at radius 1 is 0.870 bits per heavy atom. The molecule has 2 saturated heterocycles. The second-order valence-electron chi connectivity index (χ2n) is 7.31. The second-order valence-corrected chi connectivity index (χ2v) is 7.31. The third-order valence-electron chi connectivity index (χ3n) is 5.59. The van der Waals surface area contributed by atoms with E-state index in [-0.39, 0.29) is 29.7 Å². The van der Waals surface area contributed by atoms with Crippen LogP contribution in [0.4, 0.5) is 0 Å². The first-order valence-corrected chi connectivity index (χ1v) is 9.71. The van der Waals surface area contributed by atoms with Crippen molar-refractivity contribution >= 4 is 11.8 Å². The molecule has 0 spiro atoms. The minimum absolute atomic E-state index is 0.0742. The van der Waals surface area contributed by atoms with Crippen LogP contribution in [-0.2, 0) is 9.59 Å². The van der Waals surface area contributed by atoms with E-state index >= 15 is 0 Å². The first kappa shape index (κ1) is 18.3. The molecule has 0 radical (unpaired) electrons. The SMILES string of the molecule is CCCCCCN1CC2C(=O)N(CCCCCC)C(C)C2C1=O. The molecule has 2 heterocycles. The van der Waals surface area contributed by atoms with Crippen molar-refractivity contribution in [1.29, 1.82) is 0 Å². The first-order chi connectivity index (χ1) is 11.1. The van der Waals surface area contributed by atoms with Gasteiger partial charge in [-0.2, -0.15) is 0 Å². The van der Waals surface area contributed by atoms with Crippen molar-refractivity contribution in [3.8, 4) is 0 Å². The fourth-order valence-corrected chi connectivity index (χ4v) is 4.16. The fourth-order valence-electron chi connectivity index (χ4n) is 4.16. The van der Waals surface area contributed by atoms with E-state index in [1.54, 1.807) is 0 Å². The van der Waals surface area contributed by atoms with Crippen LogP contribution in [-0.4, -0.2) is 47.3 Å². The van der Waals surface area contributed by atoms with Crippen LogP contribution in [0.2, 0.25) is 0 Å². The van der Waals surface area contributed by atoms with Crippen LogP contribution in [0.1, 0.15) is 72.1 Å². The van der Waals surface area contributed by atoms with E-state index in [1.165, 1.54) is 38.5 Å². The second kappa shape index (κ2) is 8.70. The van der Waals surface area contributed by atoms with Gasteiger partial charge in [-0.1, -0.05) is 52.4 Å². The molecular weight excluding hydrogens is 288 g/mol. The summed E-state index contributed by atoms with van der Waals surface area (Å²) >= 11 is 0. The van der Waals surface area contributed by atoms with E-state index in [0.717, 1.165) is 25.9 Å². The molecule has 0 aromatic carbocycles. The summed E-state index contributed by atoms with van der Waals surface area (Å²) in [6.07, 6.45) is 9.38. The highest BCUT2D eigenvalue weighted by atomic mass is 16.2. The van der Waals surface area contributed by atoms with Crippen LogP contribution in [0.3, 0.4) is 0 Å². The molecule has 2 aliphatic rings. The minimum atomic E-state index is -0.0835. The number of hydrogen-bond donors (Lipinski definition) is 0. The van der Waals surface area contributed by atoms with Crippen molar-refractivity contribution < 1.29 is 9.59 Å². The zero-order valence-corrected chi connectivity index (χ0v) is 15.2. The predicted octanol–water partition coefficient (Wildman–Crippen LogP) is 3.45. The molecule has 23 heavy (non-hydrogen) atoms. The molecule has 0 aromatic heterocycles. The lowest BCUT2D eigenvalue weighted by Gasteiger charge is -2.26. The van der Waals surface area contributed by atoms with Gasteiger partial charge in [-0.3, -0.25) is 9.59 Å². The maximum Gasteiger partial charge on any atom is 0.228 e. The quantitative estimate of drug-likeness (QED) is 0.578. The predicted molar refractivity (Wildman–Crippen MR) is 93.0 cm³/mol. The maximum absolute atomic E-state index is 12.7. The van der Waals surface area contributed by atoms with E-state index in [9.17, 15) is 9.59 Å². The average molecular weight is 322 g/mol. The van der Waals surface area contributed by atoms with Crippen LogP contribution in [0.5, 0.6) is 0 Å². The Morgan fingerprint density at radius 3 is 2.04 bits per heavy atom. The number of nitrogens with zero attached hydrogens (tertiary/aromatic N) is 2. The van der Waals surface area contributed by atoms with E-state index in [2.05, 4.69) is 20.8 Å². The Kier molecular flexibility index (Phi) is 6.91. The number of fused-ring (bicyclic) bond motifs is 1. The van der Waals surface area contributed by atoms with Gasteiger partial charge in [-0.15, -0.1) is 0 Å². The summed E-state index contributed by atoms with van der Waals surface area (Å²) in [4.78, 5) is 29.3. The molecule has 0 bridgehead atoms. The van der Waals surface area contributed by atoms with Crippen molar-refractivity contribution in [2.75, 3.05) is 19.6 Å². The molecule has 4 nitrogen and oxygen atoms in total. The molecule has 2 amide bonds. The van der Waals surface area contributed by atoms with Crippen molar-refractivity contribution in [2.45, 2.75) is 78.2 Å². The molecule has 2 rings (SSSR count). The molecule has 2 fully saturated rings. The number of likely N-dealkylation sites (tertiary alicyclic amines) is 2. The highest BCUT2D eigenvalue weighted by Crippen LogP contribution is 2.38. The lowest BCUT2D eigenvalue weighted by Crippen LogP contribution is -2.40. The van der Waals surface area contributed by atoms with Crippen LogP contribution >= 0.6 is 0 Å². The molecule has 0 saturated carbocycles. The average Bonchev–Trinajstić information content (AvgIpc) is 2.98. The van der Waals surface area contributed by atoms with Crippen molar-refractivity contribution in [1.82, 2.24) is 9.80 Å². The Hall–Kier alpha value is -1.06. The number of rotatable bonds is 10. The zero-order chi connectivity index (χ0) is 16.8. The van der Waals surface area contributed by atoms with Gasteiger partial charge >= 0.3 is 0 Å². The molecule has 0 aliphatic carbocycles. The molecular formula is C19H34N2O2. The number of unbranched alkanes of at least 4 members (excludes halogenated alkanes) is 6. The summed E-state index contributed by atoms with van der Waals surface area (Å²) in [5, 5.41) is 0. The summed E-state index contributed by atoms with van der Waals surface area (Å²) in [6.45, 7) is 8.78. The highest BCUT2D eigenvalue weighted by molar-refractivity contribution is 5.95. The molecule has 3 atom stereocenters. The molecule has 0 N–H and O–H groups in total. The van der Waals surface area contributed by atoms with Gasteiger partial charge in [-0.25, -0.2) is 0 Å². The van der Waals surface area contributed by atoms with Crippen molar-refractivity contribution in [2.24, 2.45) is 11.8 Å². The summed E-state index contributed by atoms with van der Waals surface area (Å²) in [7, 11) is 0. The van der Waals surface area contributed by atoms with Crippen LogP contribution < -0.4 is 0 Å². The molecule has 132 valence electrons. The molecule has 4 heteroatoms. The lowest BCUT2D eigenvalue weighted by atomic mass is 9.94. The third-order valence-corrected chi connectivity index (χ3v) is 5.59. The Bertz CT molecular complexity index is 408. The minimum Gasteiger partial charge on any atom is -0.342 e. The number of carbonyl (C=O) groups is 2. The largest absolute Gasteiger partial charge is 0.342 e. The van der Waals surface area contributed by atoms with Crippen LogP contribution in [0.15, 0.2) is 0 Å². The van der Waals surface area contributed by atoms with Crippen molar-refractivity contribution in [3.63, 3.8) is 0 Å².